The number of hydrogen-bond acceptors (Lipinski definition) is 3. The van der Waals surface area contributed by atoms with E-state index >= 15 is 0 Å². The predicted molar refractivity (Wildman–Crippen MR) is 147 cm³/mol. The predicted octanol–water partition coefficient (Wildman–Crippen LogP) is 8.29. The molecule has 3 aromatic heterocycles. The number of nitrogens with zero attached hydrogens (tertiary/aromatic N) is 3. The summed E-state index contributed by atoms with van der Waals surface area (Å²) in [6.45, 7) is 0. The first-order chi connectivity index (χ1) is 17.9. The Morgan fingerprint density at radius 1 is 0.556 bits per heavy atom. The van der Waals surface area contributed by atoms with Gasteiger partial charge >= 0.3 is 0 Å². The Hall–Kier alpha value is -4.96. The Labute approximate surface area is 206 Å². The van der Waals surface area contributed by atoms with Crippen LogP contribution in [0.2, 0.25) is 0 Å². The zero-order chi connectivity index (χ0) is 23.6. The van der Waals surface area contributed by atoms with E-state index in [1.54, 1.807) is 0 Å². The Morgan fingerprint density at radius 3 is 2.19 bits per heavy atom. The van der Waals surface area contributed by atoms with E-state index in [2.05, 4.69) is 77.4 Å². The molecule has 0 saturated heterocycles. The molecule has 0 N–H and O–H groups in total. The van der Waals surface area contributed by atoms with Gasteiger partial charge in [0.1, 0.15) is 11.2 Å². The van der Waals surface area contributed by atoms with Crippen LogP contribution < -0.4 is 0 Å². The minimum Gasteiger partial charge on any atom is -0.456 e. The third-order valence-corrected chi connectivity index (χ3v) is 7.09. The van der Waals surface area contributed by atoms with Gasteiger partial charge in [-0.15, -0.1) is 0 Å². The van der Waals surface area contributed by atoms with E-state index in [9.17, 15) is 0 Å². The largest absolute Gasteiger partial charge is 0.456 e. The number of fused-ring (bicyclic) bond motifs is 9. The first-order valence-corrected chi connectivity index (χ1v) is 12.0. The molecule has 0 atom stereocenters. The molecule has 0 unspecified atom stereocenters. The highest BCUT2D eigenvalue weighted by Gasteiger charge is 2.19. The summed E-state index contributed by atoms with van der Waals surface area (Å²) in [6, 6.07) is 35.6. The van der Waals surface area contributed by atoms with Crippen LogP contribution in [0.3, 0.4) is 0 Å². The molecule has 0 aliphatic carbocycles. The van der Waals surface area contributed by atoms with Crippen LogP contribution in [0, 0.1) is 0 Å². The smallest absolute Gasteiger partial charge is 0.156 e. The zero-order valence-electron chi connectivity index (χ0n) is 19.2. The van der Waals surface area contributed by atoms with E-state index in [1.165, 1.54) is 21.5 Å². The third-order valence-electron chi connectivity index (χ3n) is 7.09. The maximum absolute atomic E-state index is 6.26. The lowest BCUT2D eigenvalue weighted by Gasteiger charge is -2.10. The maximum Gasteiger partial charge on any atom is 0.156 e. The number of para-hydroxylation sites is 2. The summed E-state index contributed by atoms with van der Waals surface area (Å²) >= 11 is 0. The van der Waals surface area contributed by atoms with Crippen LogP contribution in [0.15, 0.2) is 120 Å². The molecule has 8 rings (SSSR count). The van der Waals surface area contributed by atoms with Crippen molar-refractivity contribution in [3.63, 3.8) is 0 Å². The topological polar surface area (TPSA) is 43.9 Å². The van der Waals surface area contributed by atoms with Crippen molar-refractivity contribution < 1.29 is 4.42 Å². The first-order valence-electron chi connectivity index (χ1n) is 12.0. The molecular formula is C32H19N3O. The molecule has 0 fully saturated rings. The second-order valence-electron chi connectivity index (χ2n) is 9.08. The molecule has 0 spiro atoms. The second-order valence-corrected chi connectivity index (χ2v) is 9.08. The number of rotatable bonds is 2. The monoisotopic (exact) mass is 461 g/mol. The van der Waals surface area contributed by atoms with Crippen molar-refractivity contribution in [2.24, 2.45) is 0 Å². The fourth-order valence-corrected chi connectivity index (χ4v) is 5.51. The second kappa shape index (κ2) is 7.27. The lowest BCUT2D eigenvalue weighted by Crippen LogP contribution is -1.99. The average molecular weight is 462 g/mol. The van der Waals surface area contributed by atoms with E-state index in [-0.39, 0.29) is 0 Å². The highest BCUT2D eigenvalue weighted by molar-refractivity contribution is 6.29. The molecule has 5 aromatic carbocycles. The first kappa shape index (κ1) is 19.4. The average Bonchev–Trinajstić information content (AvgIpc) is 3.49. The number of furan rings is 1. The Kier molecular flexibility index (Phi) is 3.91. The maximum atomic E-state index is 6.26. The van der Waals surface area contributed by atoms with Gasteiger partial charge in [0.15, 0.2) is 5.82 Å². The van der Waals surface area contributed by atoms with E-state index in [4.69, 9.17) is 14.4 Å². The van der Waals surface area contributed by atoms with Crippen LogP contribution in [-0.4, -0.2) is 14.5 Å². The number of aromatic nitrogens is 3. The van der Waals surface area contributed by atoms with Crippen LogP contribution in [0.4, 0.5) is 0 Å². The van der Waals surface area contributed by atoms with Gasteiger partial charge in [0, 0.05) is 32.5 Å². The highest BCUT2D eigenvalue weighted by atomic mass is 16.3. The molecule has 8 aromatic rings. The molecule has 0 aliphatic heterocycles. The summed E-state index contributed by atoms with van der Waals surface area (Å²) < 4.78 is 8.50. The van der Waals surface area contributed by atoms with Gasteiger partial charge in [-0.05, 0) is 23.6 Å². The summed E-state index contributed by atoms with van der Waals surface area (Å²) in [5.41, 5.74) is 5.91. The van der Waals surface area contributed by atoms with Gasteiger partial charge in [-0.2, -0.15) is 0 Å². The highest BCUT2D eigenvalue weighted by Crippen LogP contribution is 2.42. The van der Waals surface area contributed by atoms with E-state index in [1.807, 2.05) is 42.7 Å². The number of benzene rings is 5. The van der Waals surface area contributed by atoms with Crippen molar-refractivity contribution in [3.8, 4) is 17.1 Å². The van der Waals surface area contributed by atoms with E-state index in [0.29, 0.717) is 0 Å². The van der Waals surface area contributed by atoms with Crippen LogP contribution in [0.5, 0.6) is 0 Å². The zero-order valence-corrected chi connectivity index (χ0v) is 19.2. The molecule has 0 radical (unpaired) electrons. The van der Waals surface area contributed by atoms with Gasteiger partial charge in [0.05, 0.1) is 29.1 Å². The minimum atomic E-state index is 0.790. The number of hydrogen-bond donors (Lipinski definition) is 0. The van der Waals surface area contributed by atoms with Gasteiger partial charge in [-0.25, -0.2) is 4.98 Å². The van der Waals surface area contributed by atoms with E-state index < -0.39 is 0 Å². The Bertz CT molecular complexity index is 2080. The van der Waals surface area contributed by atoms with Crippen molar-refractivity contribution >= 4 is 54.5 Å². The van der Waals surface area contributed by atoms with Gasteiger partial charge in [0.2, 0.25) is 0 Å². The van der Waals surface area contributed by atoms with Crippen LogP contribution in [0.1, 0.15) is 0 Å². The van der Waals surface area contributed by atoms with Gasteiger partial charge in [-0.3, -0.25) is 9.55 Å². The van der Waals surface area contributed by atoms with Crippen molar-refractivity contribution in [3.05, 3.63) is 116 Å². The SMILES string of the molecule is c1ccc(-c2cnc(-n3c4ccccc4c4ccc5ccc6oc7ccccc7c6c5c43)cn2)cc1. The summed E-state index contributed by atoms with van der Waals surface area (Å²) in [5, 5.41) is 6.96. The molecule has 0 bridgehead atoms. The van der Waals surface area contributed by atoms with E-state index in [0.717, 1.165) is 50.0 Å². The summed E-state index contributed by atoms with van der Waals surface area (Å²) in [6.07, 6.45) is 3.74. The third kappa shape index (κ3) is 2.64. The minimum absolute atomic E-state index is 0.790. The molecule has 0 saturated carbocycles. The van der Waals surface area contributed by atoms with Crippen molar-refractivity contribution in [1.29, 1.82) is 0 Å². The molecule has 0 aliphatic rings. The van der Waals surface area contributed by atoms with Crippen LogP contribution in [-0.2, 0) is 0 Å². The Morgan fingerprint density at radius 2 is 1.33 bits per heavy atom. The van der Waals surface area contributed by atoms with Crippen LogP contribution >= 0.6 is 0 Å². The molecular weight excluding hydrogens is 442 g/mol. The summed E-state index contributed by atoms with van der Waals surface area (Å²) in [5.74, 6) is 0.790. The lowest BCUT2D eigenvalue weighted by atomic mass is 10.0. The summed E-state index contributed by atoms with van der Waals surface area (Å²) in [4.78, 5) is 9.71. The van der Waals surface area contributed by atoms with Crippen molar-refractivity contribution in [2.45, 2.75) is 0 Å². The normalized spacial score (nSPS) is 11.9. The molecule has 3 heterocycles. The van der Waals surface area contributed by atoms with Gasteiger partial charge in [-0.1, -0.05) is 84.9 Å². The van der Waals surface area contributed by atoms with Crippen molar-refractivity contribution in [1.82, 2.24) is 14.5 Å². The fourth-order valence-electron chi connectivity index (χ4n) is 5.51. The standard InChI is InChI=1S/C32H19N3O/c1-2-8-20(9-3-1)25-18-34-29(19-33-25)35-26-12-6-4-10-22(26)23-16-14-21-15-17-28-31(30(21)32(23)35)24-11-5-7-13-27(24)36-28/h1-19H. The quantitative estimate of drug-likeness (QED) is 0.260. The van der Waals surface area contributed by atoms with Gasteiger partial charge in [0.25, 0.3) is 0 Å². The van der Waals surface area contributed by atoms with Gasteiger partial charge < -0.3 is 4.42 Å². The lowest BCUT2D eigenvalue weighted by molar-refractivity contribution is 0.669. The summed E-state index contributed by atoms with van der Waals surface area (Å²) in [7, 11) is 0. The van der Waals surface area contributed by atoms with Crippen LogP contribution in [0.25, 0.3) is 71.6 Å². The molecule has 0 amide bonds. The molecule has 168 valence electrons. The van der Waals surface area contributed by atoms with Crippen molar-refractivity contribution in [2.75, 3.05) is 0 Å². The fraction of sp³-hybridized carbons (Fsp3) is 0. The molecule has 36 heavy (non-hydrogen) atoms. The Balaban J connectivity index is 1.53. The molecule has 4 heteroatoms. The molecule has 4 nitrogen and oxygen atoms in total.